The van der Waals surface area contributed by atoms with Crippen LogP contribution < -0.4 is 5.32 Å². The van der Waals surface area contributed by atoms with E-state index in [2.05, 4.69) is 12.2 Å². The number of hydrogen-bond donors (Lipinski definition) is 1. The number of ether oxygens (including phenoxy) is 1. The second kappa shape index (κ2) is 4.53. The van der Waals surface area contributed by atoms with Gasteiger partial charge in [-0.15, -0.1) is 0 Å². The Hall–Kier alpha value is -1.00. The highest BCUT2D eigenvalue weighted by atomic mass is 16.5. The van der Waals surface area contributed by atoms with Crippen LogP contribution in [-0.4, -0.2) is 16.6 Å². The fraction of sp³-hybridized carbons (Fsp3) is 0.733. The zero-order valence-electron chi connectivity index (χ0n) is 11.5. The van der Waals surface area contributed by atoms with Crippen molar-refractivity contribution in [3.05, 3.63) is 22.8 Å². The minimum Gasteiger partial charge on any atom is -0.370 e. The van der Waals surface area contributed by atoms with Gasteiger partial charge in [-0.3, -0.25) is 0 Å². The molecule has 2 fully saturated rings. The predicted molar refractivity (Wildman–Crippen MR) is 71.6 cm³/mol. The van der Waals surface area contributed by atoms with Crippen molar-refractivity contribution in [2.24, 2.45) is 5.92 Å². The molecule has 1 N–H and O–H groups in total. The second-order valence-electron chi connectivity index (χ2n) is 5.98. The van der Waals surface area contributed by atoms with Crippen molar-refractivity contribution >= 4 is 0 Å². The molecule has 0 radical (unpaired) electrons. The molecule has 102 valence electrons. The highest BCUT2D eigenvalue weighted by Gasteiger charge is 2.37. The Labute approximate surface area is 114 Å². The summed E-state index contributed by atoms with van der Waals surface area (Å²) in [6.07, 6.45) is 5.26. The van der Waals surface area contributed by atoms with Gasteiger partial charge >= 0.3 is 0 Å². The van der Waals surface area contributed by atoms with E-state index >= 15 is 0 Å². The molecule has 0 saturated heterocycles. The van der Waals surface area contributed by atoms with Gasteiger partial charge in [0.2, 0.25) is 0 Å². The van der Waals surface area contributed by atoms with E-state index in [1.54, 1.807) is 0 Å². The maximum Gasteiger partial charge on any atom is 0.157 e. The summed E-state index contributed by atoms with van der Waals surface area (Å²) in [6.45, 7) is 4.66. The maximum absolute atomic E-state index is 5.92. The van der Waals surface area contributed by atoms with Gasteiger partial charge in [0, 0.05) is 31.2 Å². The fourth-order valence-electron chi connectivity index (χ4n) is 3.04. The number of fused-ring (bicyclic) bond motifs is 1. The van der Waals surface area contributed by atoms with Crippen LogP contribution >= 0.6 is 0 Å². The molecule has 2 saturated carbocycles. The van der Waals surface area contributed by atoms with E-state index in [4.69, 9.17) is 14.7 Å². The molecule has 1 unspecified atom stereocenters. The van der Waals surface area contributed by atoms with E-state index in [-0.39, 0.29) is 6.10 Å². The van der Waals surface area contributed by atoms with Crippen LogP contribution in [-0.2, 0) is 17.8 Å². The summed E-state index contributed by atoms with van der Waals surface area (Å²) in [4.78, 5) is 9.72. The van der Waals surface area contributed by atoms with Crippen molar-refractivity contribution in [1.82, 2.24) is 15.3 Å². The van der Waals surface area contributed by atoms with Crippen LogP contribution in [0.4, 0.5) is 0 Å². The van der Waals surface area contributed by atoms with E-state index in [0.29, 0.717) is 11.8 Å². The van der Waals surface area contributed by atoms with Gasteiger partial charge in [-0.1, -0.05) is 0 Å². The average molecular weight is 259 g/mol. The predicted octanol–water partition coefficient (Wildman–Crippen LogP) is 2.44. The van der Waals surface area contributed by atoms with Gasteiger partial charge in [0.1, 0.15) is 6.10 Å². The molecule has 2 heterocycles. The highest BCUT2D eigenvalue weighted by molar-refractivity contribution is 5.34. The first-order chi connectivity index (χ1) is 9.36. The van der Waals surface area contributed by atoms with Gasteiger partial charge in [0.05, 0.1) is 11.4 Å². The van der Waals surface area contributed by atoms with Crippen molar-refractivity contribution in [1.29, 1.82) is 0 Å². The van der Waals surface area contributed by atoms with Crippen LogP contribution in [0.25, 0.3) is 0 Å². The normalized spacial score (nSPS) is 23.4. The maximum atomic E-state index is 5.92. The van der Waals surface area contributed by atoms with E-state index in [1.165, 1.54) is 42.6 Å². The molecule has 3 aliphatic rings. The summed E-state index contributed by atoms with van der Waals surface area (Å²) in [5, 5.41) is 3.41. The molecule has 4 rings (SSSR count). The molecule has 2 aliphatic carbocycles. The van der Waals surface area contributed by atoms with Gasteiger partial charge in [-0.2, -0.15) is 0 Å². The third-order valence-electron chi connectivity index (χ3n) is 4.35. The third-order valence-corrected chi connectivity index (χ3v) is 4.35. The van der Waals surface area contributed by atoms with Gasteiger partial charge < -0.3 is 10.1 Å². The number of hydrogen-bond acceptors (Lipinski definition) is 4. The van der Waals surface area contributed by atoms with Crippen LogP contribution in [0.2, 0.25) is 0 Å². The molecule has 1 atom stereocenters. The van der Waals surface area contributed by atoms with Crippen LogP contribution in [0.15, 0.2) is 0 Å². The fourth-order valence-corrected chi connectivity index (χ4v) is 3.04. The second-order valence-corrected chi connectivity index (χ2v) is 5.98. The van der Waals surface area contributed by atoms with Gasteiger partial charge in [0.15, 0.2) is 5.82 Å². The zero-order chi connectivity index (χ0) is 12.8. The van der Waals surface area contributed by atoms with E-state index < -0.39 is 0 Å². The molecule has 0 aromatic carbocycles. The summed E-state index contributed by atoms with van der Waals surface area (Å²) in [7, 11) is 0. The third kappa shape index (κ3) is 2.17. The van der Waals surface area contributed by atoms with E-state index in [9.17, 15) is 0 Å². The molecule has 1 aromatic heterocycles. The van der Waals surface area contributed by atoms with E-state index in [0.717, 1.165) is 25.5 Å². The molecular formula is C15H21N3O. The summed E-state index contributed by atoms with van der Waals surface area (Å²) < 4.78 is 5.92. The lowest BCUT2D eigenvalue weighted by molar-refractivity contribution is 0.0397. The van der Waals surface area contributed by atoms with Gasteiger partial charge in [-0.05, 0) is 38.5 Å². The van der Waals surface area contributed by atoms with Crippen LogP contribution in [0, 0.1) is 5.92 Å². The van der Waals surface area contributed by atoms with Crippen LogP contribution in [0.3, 0.4) is 0 Å². The van der Waals surface area contributed by atoms with Crippen molar-refractivity contribution in [2.75, 3.05) is 6.61 Å². The first kappa shape index (κ1) is 11.8. The number of rotatable bonds is 5. The Kier molecular flexibility index (Phi) is 2.81. The molecule has 19 heavy (non-hydrogen) atoms. The monoisotopic (exact) mass is 259 g/mol. The molecule has 1 aliphatic heterocycles. The minimum atomic E-state index is 0.133. The Morgan fingerprint density at radius 2 is 2.05 bits per heavy atom. The molecule has 0 bridgehead atoms. The van der Waals surface area contributed by atoms with Gasteiger partial charge in [0.25, 0.3) is 0 Å². The Bertz CT molecular complexity index is 494. The number of nitrogens with zero attached hydrogens (tertiary/aromatic N) is 2. The highest BCUT2D eigenvalue weighted by Crippen LogP contribution is 2.45. The summed E-state index contributed by atoms with van der Waals surface area (Å²) in [6, 6.07) is 0. The van der Waals surface area contributed by atoms with Crippen molar-refractivity contribution in [3.63, 3.8) is 0 Å². The Balaban J connectivity index is 1.72. The lowest BCUT2D eigenvalue weighted by atomic mass is 10.1. The average Bonchev–Trinajstić information content (AvgIpc) is 3.32. The molecular weight excluding hydrogens is 238 g/mol. The first-order valence-corrected chi connectivity index (χ1v) is 7.58. The zero-order valence-corrected chi connectivity index (χ0v) is 11.5. The largest absolute Gasteiger partial charge is 0.370 e. The molecule has 4 heteroatoms. The summed E-state index contributed by atoms with van der Waals surface area (Å²) >= 11 is 0. The lowest BCUT2D eigenvalue weighted by Gasteiger charge is -2.17. The lowest BCUT2D eigenvalue weighted by Crippen LogP contribution is -2.14. The molecule has 4 nitrogen and oxygen atoms in total. The smallest absolute Gasteiger partial charge is 0.157 e. The Morgan fingerprint density at radius 3 is 2.74 bits per heavy atom. The first-order valence-electron chi connectivity index (χ1n) is 7.58. The van der Waals surface area contributed by atoms with Crippen molar-refractivity contribution in [2.45, 2.75) is 57.7 Å². The van der Waals surface area contributed by atoms with E-state index in [1.807, 2.05) is 0 Å². The molecule has 0 spiro atoms. The quantitative estimate of drug-likeness (QED) is 0.882. The summed E-state index contributed by atoms with van der Waals surface area (Å²) in [5.74, 6) is 2.30. The SMILES string of the molecule is CCOC(c1nc2c(c(C3CC3)n1)CNC2)C1CC1. The Morgan fingerprint density at radius 1 is 1.21 bits per heavy atom. The van der Waals surface area contributed by atoms with Crippen LogP contribution in [0.5, 0.6) is 0 Å². The minimum absolute atomic E-state index is 0.133. The molecule has 1 aromatic rings. The van der Waals surface area contributed by atoms with Gasteiger partial charge in [-0.25, -0.2) is 9.97 Å². The number of aromatic nitrogens is 2. The summed E-state index contributed by atoms with van der Waals surface area (Å²) in [5.41, 5.74) is 3.91. The number of nitrogens with one attached hydrogen (secondary N) is 1. The topological polar surface area (TPSA) is 47.0 Å². The molecule has 0 amide bonds. The van der Waals surface area contributed by atoms with Crippen LogP contribution in [0.1, 0.15) is 67.4 Å². The van der Waals surface area contributed by atoms with Crippen molar-refractivity contribution < 1.29 is 4.74 Å². The standard InChI is InChI=1S/C15H21N3O/c1-2-19-14(10-5-6-10)15-17-12-8-16-7-11(12)13(18-15)9-3-4-9/h9-10,14,16H,2-8H2,1H3. The van der Waals surface area contributed by atoms with Crippen molar-refractivity contribution in [3.8, 4) is 0 Å².